The molecule has 3 aromatic rings. The summed E-state index contributed by atoms with van der Waals surface area (Å²) >= 11 is 6.65. The zero-order valence-corrected chi connectivity index (χ0v) is 27.3. The summed E-state index contributed by atoms with van der Waals surface area (Å²) in [5.74, 6) is -0.821. The first kappa shape index (κ1) is 36.0. The third-order valence-corrected chi connectivity index (χ3v) is 8.58. The minimum atomic E-state index is -4.53. The van der Waals surface area contributed by atoms with Crippen LogP contribution in [0.4, 0.5) is 26.7 Å². The SMILES string of the molecule is CCn1nc(C(=O)NC[C@H]2CC[C@H](C)CN2C(=O)OCc2ccccc2)c(Cl)c1-c1ccc(CC(C)(C)C(F)(F)F)cc1OC(F)F. The summed E-state index contributed by atoms with van der Waals surface area (Å²) in [7, 11) is 0. The maximum absolute atomic E-state index is 13.5. The lowest BCUT2D eigenvalue weighted by atomic mass is 9.84. The number of nitrogens with zero attached hydrogens (tertiary/aromatic N) is 3. The number of aromatic nitrogens is 2. The Morgan fingerprint density at radius 2 is 1.79 bits per heavy atom. The molecule has 256 valence electrons. The Morgan fingerprint density at radius 1 is 1.09 bits per heavy atom. The van der Waals surface area contributed by atoms with Crippen LogP contribution in [0.1, 0.15) is 62.2 Å². The molecule has 1 aliphatic rings. The monoisotopic (exact) mass is 684 g/mol. The Morgan fingerprint density at radius 3 is 2.43 bits per heavy atom. The molecule has 47 heavy (non-hydrogen) atoms. The number of alkyl halides is 5. The van der Waals surface area contributed by atoms with Crippen molar-refractivity contribution in [1.82, 2.24) is 20.0 Å². The number of halogens is 6. The van der Waals surface area contributed by atoms with Crippen molar-refractivity contribution in [2.24, 2.45) is 11.3 Å². The van der Waals surface area contributed by atoms with Gasteiger partial charge in [-0.3, -0.25) is 9.48 Å². The molecule has 1 saturated heterocycles. The van der Waals surface area contributed by atoms with E-state index in [2.05, 4.69) is 10.4 Å². The highest BCUT2D eigenvalue weighted by Gasteiger charge is 2.47. The quantitative estimate of drug-likeness (QED) is 0.206. The topological polar surface area (TPSA) is 85.7 Å². The molecule has 1 N–H and O–H groups in total. The van der Waals surface area contributed by atoms with Crippen LogP contribution >= 0.6 is 11.6 Å². The van der Waals surface area contributed by atoms with Gasteiger partial charge in [0, 0.05) is 25.2 Å². The number of carbonyl (C=O) groups excluding carboxylic acids is 2. The first-order valence-electron chi connectivity index (χ1n) is 15.3. The van der Waals surface area contributed by atoms with Gasteiger partial charge in [-0.05, 0) is 55.4 Å². The lowest BCUT2D eigenvalue weighted by molar-refractivity contribution is -0.211. The Labute approximate surface area is 275 Å². The van der Waals surface area contributed by atoms with E-state index in [0.29, 0.717) is 13.0 Å². The van der Waals surface area contributed by atoms with Crippen molar-refractivity contribution in [3.05, 3.63) is 70.4 Å². The largest absolute Gasteiger partial charge is 0.445 e. The highest BCUT2D eigenvalue weighted by atomic mass is 35.5. The number of nitrogens with one attached hydrogen (secondary N) is 1. The van der Waals surface area contributed by atoms with E-state index in [4.69, 9.17) is 21.1 Å². The van der Waals surface area contributed by atoms with E-state index in [1.165, 1.54) is 16.8 Å². The van der Waals surface area contributed by atoms with Crippen molar-refractivity contribution in [3.63, 3.8) is 0 Å². The fraction of sp³-hybridized carbons (Fsp3) is 0.485. The smallest absolute Gasteiger partial charge is 0.410 e. The maximum atomic E-state index is 13.5. The molecule has 0 aliphatic carbocycles. The first-order chi connectivity index (χ1) is 22.1. The molecule has 0 saturated carbocycles. The van der Waals surface area contributed by atoms with Gasteiger partial charge in [-0.15, -0.1) is 0 Å². The number of aryl methyl sites for hydroxylation is 1. The highest BCUT2D eigenvalue weighted by molar-refractivity contribution is 6.36. The van der Waals surface area contributed by atoms with Crippen LogP contribution in [0, 0.1) is 11.3 Å². The Balaban J connectivity index is 1.54. The minimum absolute atomic E-state index is 0.0332. The molecule has 1 aliphatic heterocycles. The summed E-state index contributed by atoms with van der Waals surface area (Å²) < 4.78 is 79.1. The van der Waals surface area contributed by atoms with Crippen LogP contribution in [0.3, 0.4) is 0 Å². The first-order valence-corrected chi connectivity index (χ1v) is 15.7. The Hall–Kier alpha value is -3.87. The number of benzene rings is 2. The number of piperidine rings is 1. The maximum Gasteiger partial charge on any atom is 0.410 e. The van der Waals surface area contributed by atoms with Crippen molar-refractivity contribution in [1.29, 1.82) is 0 Å². The van der Waals surface area contributed by atoms with Crippen molar-refractivity contribution >= 4 is 23.6 Å². The lowest BCUT2D eigenvalue weighted by Gasteiger charge is -2.37. The third kappa shape index (κ3) is 8.74. The van der Waals surface area contributed by atoms with Gasteiger partial charge in [0.15, 0.2) is 5.69 Å². The van der Waals surface area contributed by atoms with E-state index in [1.54, 1.807) is 11.8 Å². The Kier molecular flexibility index (Phi) is 11.4. The summed E-state index contributed by atoms with van der Waals surface area (Å²) in [5, 5.41) is 6.95. The molecule has 2 heterocycles. The number of rotatable bonds is 11. The van der Waals surface area contributed by atoms with Gasteiger partial charge in [-0.25, -0.2) is 4.79 Å². The average Bonchev–Trinajstić information content (AvgIpc) is 3.34. The van der Waals surface area contributed by atoms with Crippen molar-refractivity contribution in [2.45, 2.75) is 78.9 Å². The van der Waals surface area contributed by atoms with Crippen LogP contribution in [0.15, 0.2) is 48.5 Å². The molecule has 8 nitrogen and oxygen atoms in total. The van der Waals surface area contributed by atoms with Gasteiger partial charge >= 0.3 is 18.9 Å². The van der Waals surface area contributed by atoms with E-state index in [-0.39, 0.29) is 59.2 Å². The van der Waals surface area contributed by atoms with E-state index >= 15 is 0 Å². The molecule has 0 unspecified atom stereocenters. The zero-order valence-electron chi connectivity index (χ0n) is 26.5. The van der Waals surface area contributed by atoms with Crippen LogP contribution in [-0.4, -0.2) is 58.6 Å². The number of amides is 2. The molecule has 2 atom stereocenters. The van der Waals surface area contributed by atoms with Crippen LogP contribution in [-0.2, 0) is 24.3 Å². The molecule has 4 rings (SSSR count). The number of ether oxygens (including phenoxy) is 2. The van der Waals surface area contributed by atoms with E-state index in [0.717, 1.165) is 31.9 Å². The molecule has 0 spiro atoms. The number of likely N-dealkylation sites (tertiary alicyclic amines) is 1. The van der Waals surface area contributed by atoms with Gasteiger partial charge in [-0.1, -0.05) is 68.8 Å². The summed E-state index contributed by atoms with van der Waals surface area (Å²) in [6.07, 6.45) is -4.06. The second-order valence-electron chi connectivity index (χ2n) is 12.3. The molecular weight excluding hydrogens is 647 g/mol. The zero-order chi connectivity index (χ0) is 34.5. The molecule has 1 aromatic heterocycles. The van der Waals surface area contributed by atoms with Crippen LogP contribution in [0.25, 0.3) is 11.3 Å². The average molecular weight is 685 g/mol. The Bertz CT molecular complexity index is 1550. The highest BCUT2D eigenvalue weighted by Crippen LogP contribution is 2.43. The molecule has 14 heteroatoms. The van der Waals surface area contributed by atoms with E-state index in [9.17, 15) is 31.5 Å². The van der Waals surface area contributed by atoms with Crippen molar-refractivity contribution in [3.8, 4) is 17.0 Å². The van der Waals surface area contributed by atoms with Gasteiger partial charge in [0.05, 0.1) is 22.2 Å². The number of carbonyl (C=O) groups is 2. The third-order valence-electron chi connectivity index (χ3n) is 8.22. The molecule has 0 bridgehead atoms. The van der Waals surface area contributed by atoms with Crippen LogP contribution in [0.2, 0.25) is 5.02 Å². The van der Waals surface area contributed by atoms with Gasteiger partial charge in [0.25, 0.3) is 5.91 Å². The van der Waals surface area contributed by atoms with Gasteiger partial charge in [-0.2, -0.15) is 27.1 Å². The lowest BCUT2D eigenvalue weighted by Crippen LogP contribution is -2.51. The van der Waals surface area contributed by atoms with E-state index in [1.807, 2.05) is 37.3 Å². The minimum Gasteiger partial charge on any atom is -0.445 e. The summed E-state index contributed by atoms with van der Waals surface area (Å²) in [6, 6.07) is 12.7. The molecule has 0 radical (unpaired) electrons. The number of hydrogen-bond donors (Lipinski definition) is 1. The molecule has 2 amide bonds. The number of hydrogen-bond acceptors (Lipinski definition) is 5. The molecular formula is C33H38ClF5N4O4. The van der Waals surface area contributed by atoms with Crippen LogP contribution < -0.4 is 10.1 Å². The van der Waals surface area contributed by atoms with Crippen molar-refractivity contribution in [2.75, 3.05) is 13.1 Å². The standard InChI is InChI=1S/C33H38ClF5N4O4/c1-5-43-28(24-14-12-22(15-25(24)47-30(35)36)16-32(3,4)33(37,38)39)26(34)27(41-43)29(44)40-17-23-13-11-20(2)18-42(23)31(45)46-19-21-9-7-6-8-10-21/h6-10,12,14-15,20,23,30H,5,11,13,16-19H2,1-4H3,(H,40,44)/t20-,23+/m0/s1. The normalized spacial score (nSPS) is 17.1. The fourth-order valence-corrected chi connectivity index (χ4v) is 5.81. The predicted octanol–water partition coefficient (Wildman–Crippen LogP) is 8.12. The summed E-state index contributed by atoms with van der Waals surface area (Å²) in [4.78, 5) is 28.0. The second kappa shape index (κ2) is 14.9. The van der Waals surface area contributed by atoms with Gasteiger partial charge in [0.1, 0.15) is 12.4 Å². The molecule has 1 fully saturated rings. The molecule has 2 aromatic carbocycles. The second-order valence-corrected chi connectivity index (χ2v) is 12.7. The summed E-state index contributed by atoms with van der Waals surface area (Å²) in [5.41, 5.74) is -1.22. The fourth-order valence-electron chi connectivity index (χ4n) is 5.49. The van der Waals surface area contributed by atoms with Gasteiger partial charge < -0.3 is 19.7 Å². The van der Waals surface area contributed by atoms with E-state index < -0.39 is 42.4 Å². The summed E-state index contributed by atoms with van der Waals surface area (Å²) in [6.45, 7) is 3.31. The van der Waals surface area contributed by atoms with Crippen LogP contribution in [0.5, 0.6) is 5.75 Å². The van der Waals surface area contributed by atoms with Gasteiger partial charge in [0.2, 0.25) is 0 Å². The van der Waals surface area contributed by atoms with Crippen molar-refractivity contribution < 1.29 is 41.0 Å². The predicted molar refractivity (Wildman–Crippen MR) is 166 cm³/mol.